The fourth-order valence-electron chi connectivity index (χ4n) is 1.30. The van der Waals surface area contributed by atoms with Crippen LogP contribution in [0.1, 0.15) is 26.7 Å². The molecule has 1 aliphatic rings. The Morgan fingerprint density at radius 2 is 1.73 bits per heavy atom. The van der Waals surface area contributed by atoms with Crippen molar-refractivity contribution >= 4 is 6.08 Å². The number of piperidine rings is 1. The van der Waals surface area contributed by atoms with Crippen LogP contribution >= 0.6 is 0 Å². The molecule has 90 valence electrons. The van der Waals surface area contributed by atoms with Crippen molar-refractivity contribution < 1.29 is 4.79 Å². The molecule has 1 heterocycles. The predicted octanol–water partition coefficient (Wildman–Crippen LogP) is 1.28. The summed E-state index contributed by atoms with van der Waals surface area (Å²) < 4.78 is 0. The van der Waals surface area contributed by atoms with E-state index in [1.807, 2.05) is 13.8 Å². The number of hydrogen-bond donors (Lipinski definition) is 1. The zero-order valence-corrected chi connectivity index (χ0v) is 10.7. The molecule has 0 aromatic carbocycles. The quantitative estimate of drug-likeness (QED) is 0.529. The van der Waals surface area contributed by atoms with Crippen LogP contribution in [0.5, 0.6) is 0 Å². The fraction of sp³-hybridized carbons (Fsp3) is 0.909. The van der Waals surface area contributed by atoms with Gasteiger partial charge < -0.3 is 10.2 Å². The molecule has 0 unspecified atom stereocenters. The van der Waals surface area contributed by atoms with Crippen LogP contribution in [0.25, 0.3) is 0 Å². The van der Waals surface area contributed by atoms with Gasteiger partial charge in [-0.25, -0.2) is 9.79 Å². The highest BCUT2D eigenvalue weighted by atomic mass is 16.1. The Morgan fingerprint density at radius 1 is 1.33 bits per heavy atom. The smallest absolute Gasteiger partial charge is 0.234 e. The van der Waals surface area contributed by atoms with Crippen molar-refractivity contribution in [3.05, 3.63) is 0 Å². The minimum Gasteiger partial charge on any atom is -0.317 e. The minimum atomic E-state index is 0.779. The average Bonchev–Trinajstić information content (AvgIpc) is 2.33. The Morgan fingerprint density at radius 3 is 2.00 bits per heavy atom. The van der Waals surface area contributed by atoms with Gasteiger partial charge in [-0.2, -0.15) is 0 Å². The number of nitrogens with zero attached hydrogens (tertiary/aromatic N) is 2. The zero-order chi connectivity index (χ0) is 12.1. The maximum absolute atomic E-state index is 8.88. The first kappa shape index (κ1) is 16.7. The lowest BCUT2D eigenvalue weighted by atomic mass is 10.1. The second-order valence-corrected chi connectivity index (χ2v) is 3.18. The lowest BCUT2D eigenvalue weighted by Gasteiger charge is -2.28. The Bertz CT molecular complexity index is 159. The van der Waals surface area contributed by atoms with Crippen LogP contribution in [0.3, 0.4) is 0 Å². The first-order valence-electron chi connectivity index (χ1n) is 5.56. The van der Waals surface area contributed by atoms with Gasteiger partial charge in [0.05, 0.1) is 0 Å². The molecule has 4 heteroatoms. The standard InChI is InChI=1S/C7H16N2.C2H3NO.C2H6/c1-8-7-3-5-9(2)6-4-7;1-3-2-4;1-2/h7-8H,3-6H2,1-2H3;1H3;1-2H3. The Hall–Kier alpha value is -0.700. The third-order valence-corrected chi connectivity index (χ3v) is 2.22. The highest BCUT2D eigenvalue weighted by Gasteiger charge is 2.13. The minimum absolute atomic E-state index is 0.779. The van der Waals surface area contributed by atoms with Crippen LogP contribution in [0.15, 0.2) is 4.99 Å². The van der Waals surface area contributed by atoms with Crippen molar-refractivity contribution in [1.29, 1.82) is 0 Å². The molecule has 15 heavy (non-hydrogen) atoms. The highest BCUT2D eigenvalue weighted by Crippen LogP contribution is 2.06. The lowest BCUT2D eigenvalue weighted by molar-refractivity contribution is 0.240. The number of likely N-dealkylation sites (tertiary alicyclic amines) is 1. The normalized spacial score (nSPS) is 16.3. The van der Waals surface area contributed by atoms with E-state index in [0.717, 1.165) is 6.04 Å². The van der Waals surface area contributed by atoms with Gasteiger partial charge in [0.25, 0.3) is 0 Å². The predicted molar refractivity (Wildman–Crippen MR) is 65.0 cm³/mol. The Balaban J connectivity index is 0. The molecule has 0 amide bonds. The van der Waals surface area contributed by atoms with Crippen molar-refractivity contribution in [3.63, 3.8) is 0 Å². The van der Waals surface area contributed by atoms with E-state index in [4.69, 9.17) is 4.79 Å². The van der Waals surface area contributed by atoms with Crippen molar-refractivity contribution in [3.8, 4) is 0 Å². The largest absolute Gasteiger partial charge is 0.317 e. The number of carbonyl (C=O) groups excluding carboxylic acids is 1. The van der Waals surface area contributed by atoms with Gasteiger partial charge in [0.1, 0.15) is 0 Å². The molecule has 0 spiro atoms. The van der Waals surface area contributed by atoms with E-state index in [9.17, 15) is 0 Å². The first-order chi connectivity index (χ1) is 7.24. The van der Waals surface area contributed by atoms with Crippen LogP contribution in [-0.4, -0.2) is 51.3 Å². The second-order valence-electron chi connectivity index (χ2n) is 3.18. The molecule has 0 saturated carbocycles. The van der Waals surface area contributed by atoms with Gasteiger partial charge in [-0.05, 0) is 40.0 Å². The van der Waals surface area contributed by atoms with Crippen molar-refractivity contribution in [2.75, 3.05) is 34.2 Å². The van der Waals surface area contributed by atoms with Crippen molar-refractivity contribution in [2.24, 2.45) is 4.99 Å². The number of isocyanates is 1. The molecular weight excluding hydrogens is 190 g/mol. The van der Waals surface area contributed by atoms with Gasteiger partial charge >= 0.3 is 0 Å². The van der Waals surface area contributed by atoms with E-state index in [-0.39, 0.29) is 0 Å². The topological polar surface area (TPSA) is 44.7 Å². The molecule has 1 fully saturated rings. The Labute approximate surface area is 93.8 Å². The maximum atomic E-state index is 8.88. The summed E-state index contributed by atoms with van der Waals surface area (Å²) in [5.74, 6) is 0. The van der Waals surface area contributed by atoms with E-state index in [1.165, 1.54) is 39.1 Å². The van der Waals surface area contributed by atoms with Gasteiger partial charge in [-0.1, -0.05) is 13.8 Å². The molecule has 1 saturated heterocycles. The Kier molecular flexibility index (Phi) is 14.8. The number of aliphatic imine (C=N–C) groups is 1. The summed E-state index contributed by atoms with van der Waals surface area (Å²) in [7, 11) is 5.62. The molecule has 0 aromatic heterocycles. The van der Waals surface area contributed by atoms with E-state index < -0.39 is 0 Å². The number of rotatable bonds is 1. The van der Waals surface area contributed by atoms with Gasteiger partial charge in [0.2, 0.25) is 6.08 Å². The van der Waals surface area contributed by atoms with Gasteiger partial charge in [-0.3, -0.25) is 0 Å². The summed E-state index contributed by atoms with van der Waals surface area (Å²) in [5, 5.41) is 3.30. The summed E-state index contributed by atoms with van der Waals surface area (Å²) in [5.41, 5.74) is 0. The fourth-order valence-corrected chi connectivity index (χ4v) is 1.30. The number of nitrogens with one attached hydrogen (secondary N) is 1. The zero-order valence-electron chi connectivity index (χ0n) is 10.7. The SMILES string of the molecule is CC.CN=C=O.CNC1CCN(C)CC1. The first-order valence-corrected chi connectivity index (χ1v) is 5.56. The molecule has 0 atom stereocenters. The lowest BCUT2D eigenvalue weighted by Crippen LogP contribution is -2.39. The molecule has 4 nitrogen and oxygen atoms in total. The second kappa shape index (κ2) is 13.3. The highest BCUT2D eigenvalue weighted by molar-refractivity contribution is 5.32. The average molecular weight is 215 g/mol. The molecule has 0 aliphatic carbocycles. The summed E-state index contributed by atoms with van der Waals surface area (Å²) in [4.78, 5) is 14.2. The maximum Gasteiger partial charge on any atom is 0.234 e. The third kappa shape index (κ3) is 11.2. The van der Waals surface area contributed by atoms with Crippen LogP contribution in [-0.2, 0) is 4.79 Å². The molecule has 0 bridgehead atoms. The van der Waals surface area contributed by atoms with E-state index in [2.05, 4.69) is 29.3 Å². The molecule has 1 N–H and O–H groups in total. The summed E-state index contributed by atoms with van der Waals surface area (Å²) >= 11 is 0. The van der Waals surface area contributed by atoms with Crippen LogP contribution in [0.4, 0.5) is 0 Å². The van der Waals surface area contributed by atoms with Crippen LogP contribution in [0, 0.1) is 0 Å². The van der Waals surface area contributed by atoms with Crippen LogP contribution < -0.4 is 5.32 Å². The summed E-state index contributed by atoms with van der Waals surface area (Å²) in [6, 6.07) is 0.779. The molecule has 1 rings (SSSR count). The van der Waals surface area contributed by atoms with Gasteiger partial charge in [0.15, 0.2) is 0 Å². The molecule has 1 aliphatic heterocycles. The number of hydrogen-bond acceptors (Lipinski definition) is 4. The van der Waals surface area contributed by atoms with E-state index in [1.54, 1.807) is 0 Å². The van der Waals surface area contributed by atoms with Crippen molar-refractivity contribution in [2.45, 2.75) is 32.7 Å². The third-order valence-electron chi connectivity index (χ3n) is 2.22. The monoisotopic (exact) mass is 215 g/mol. The molecule has 0 radical (unpaired) electrons. The van der Waals surface area contributed by atoms with Gasteiger partial charge in [0, 0.05) is 13.1 Å². The molecular formula is C11H25N3O. The van der Waals surface area contributed by atoms with Gasteiger partial charge in [-0.15, -0.1) is 0 Å². The van der Waals surface area contributed by atoms with E-state index >= 15 is 0 Å². The molecule has 0 aromatic rings. The summed E-state index contributed by atoms with van der Waals surface area (Å²) in [6.45, 7) is 6.51. The van der Waals surface area contributed by atoms with Crippen LogP contribution in [0.2, 0.25) is 0 Å². The van der Waals surface area contributed by atoms with E-state index in [0.29, 0.717) is 0 Å². The summed E-state index contributed by atoms with van der Waals surface area (Å²) in [6.07, 6.45) is 3.93. The van der Waals surface area contributed by atoms with Crippen molar-refractivity contribution in [1.82, 2.24) is 10.2 Å².